The predicted octanol–water partition coefficient (Wildman–Crippen LogP) is 5.39. The summed E-state index contributed by atoms with van der Waals surface area (Å²) in [5, 5.41) is 4.57. The summed E-state index contributed by atoms with van der Waals surface area (Å²) >= 11 is 7.71. The van der Waals surface area contributed by atoms with Crippen molar-refractivity contribution < 1.29 is 9.18 Å². The van der Waals surface area contributed by atoms with E-state index in [1.807, 2.05) is 0 Å². The Hall–Kier alpha value is -1.13. The lowest BCUT2D eigenvalue weighted by Crippen LogP contribution is -2.59. The fourth-order valence-electron chi connectivity index (χ4n) is 5.75. The van der Waals surface area contributed by atoms with Crippen molar-refractivity contribution in [1.82, 2.24) is 5.32 Å². The molecule has 4 bridgehead atoms. The summed E-state index contributed by atoms with van der Waals surface area (Å²) in [5.74, 6) is 1.97. The standard InChI is InChI=1S/C19H19ClFNOS/c20-16-14-2-1-13(21)6-15(14)24-17(16)18(23)22-19-7-10-3-11(8-19)5-12(4-10)9-19/h1-2,6,10-12H,3-5,7-9H2,(H,22,23). The van der Waals surface area contributed by atoms with Gasteiger partial charge in [0.25, 0.3) is 5.91 Å². The number of thiophene rings is 1. The summed E-state index contributed by atoms with van der Waals surface area (Å²) in [6.07, 6.45) is 7.37. The summed E-state index contributed by atoms with van der Waals surface area (Å²) in [4.78, 5) is 13.4. The average molecular weight is 364 g/mol. The molecule has 0 spiro atoms. The van der Waals surface area contributed by atoms with E-state index in [0.717, 1.165) is 47.1 Å². The summed E-state index contributed by atoms with van der Waals surface area (Å²) in [6, 6.07) is 4.50. The first-order valence-electron chi connectivity index (χ1n) is 8.71. The molecule has 1 amide bonds. The van der Waals surface area contributed by atoms with E-state index in [1.165, 1.54) is 42.7 Å². The van der Waals surface area contributed by atoms with E-state index >= 15 is 0 Å². The van der Waals surface area contributed by atoms with Gasteiger partial charge in [0.1, 0.15) is 10.7 Å². The molecule has 126 valence electrons. The van der Waals surface area contributed by atoms with Crippen molar-refractivity contribution in [3.05, 3.63) is 33.9 Å². The zero-order valence-corrected chi connectivity index (χ0v) is 14.9. The minimum absolute atomic E-state index is 0.0312. The van der Waals surface area contributed by atoms with Gasteiger partial charge >= 0.3 is 0 Å². The molecule has 1 heterocycles. The van der Waals surface area contributed by atoms with Crippen molar-refractivity contribution in [3.63, 3.8) is 0 Å². The van der Waals surface area contributed by atoms with Crippen LogP contribution in [0.4, 0.5) is 4.39 Å². The number of amides is 1. The minimum atomic E-state index is -0.298. The van der Waals surface area contributed by atoms with Crippen molar-refractivity contribution in [2.24, 2.45) is 17.8 Å². The number of halogens is 2. The number of benzene rings is 1. The molecule has 6 rings (SSSR count). The maximum Gasteiger partial charge on any atom is 0.263 e. The highest BCUT2D eigenvalue weighted by Gasteiger charge is 2.51. The van der Waals surface area contributed by atoms with Crippen molar-refractivity contribution in [3.8, 4) is 0 Å². The van der Waals surface area contributed by atoms with Gasteiger partial charge in [-0.2, -0.15) is 0 Å². The highest BCUT2D eigenvalue weighted by atomic mass is 35.5. The molecule has 1 N–H and O–H groups in total. The molecule has 0 unspecified atom stereocenters. The van der Waals surface area contributed by atoms with Crippen molar-refractivity contribution in [1.29, 1.82) is 0 Å². The van der Waals surface area contributed by atoms with Crippen LogP contribution in [0, 0.1) is 23.6 Å². The van der Waals surface area contributed by atoms with E-state index in [4.69, 9.17) is 11.6 Å². The molecule has 4 aliphatic rings. The number of rotatable bonds is 2. The van der Waals surface area contributed by atoms with Gasteiger partial charge in [-0.05, 0) is 74.5 Å². The second-order valence-electron chi connectivity index (χ2n) is 8.04. The van der Waals surface area contributed by atoms with E-state index in [1.54, 1.807) is 6.07 Å². The Morgan fingerprint density at radius 3 is 2.42 bits per heavy atom. The Balaban J connectivity index is 1.46. The van der Waals surface area contributed by atoms with Gasteiger partial charge in [0, 0.05) is 15.6 Å². The fourth-order valence-corrected chi connectivity index (χ4v) is 7.18. The maximum absolute atomic E-state index is 13.4. The van der Waals surface area contributed by atoms with Crippen molar-refractivity contribution >= 4 is 38.9 Å². The second-order valence-corrected chi connectivity index (χ2v) is 9.47. The Morgan fingerprint density at radius 2 is 1.79 bits per heavy atom. The fraction of sp³-hybridized carbons (Fsp3) is 0.526. The third-order valence-electron chi connectivity index (χ3n) is 6.21. The normalized spacial score (nSPS) is 34.0. The third kappa shape index (κ3) is 2.30. The van der Waals surface area contributed by atoms with Crippen LogP contribution in [0.25, 0.3) is 10.1 Å². The molecule has 2 aromatic rings. The molecular weight excluding hydrogens is 345 g/mol. The van der Waals surface area contributed by atoms with Crippen LogP contribution >= 0.6 is 22.9 Å². The van der Waals surface area contributed by atoms with E-state index in [0.29, 0.717) is 9.90 Å². The lowest BCUT2D eigenvalue weighted by molar-refractivity contribution is -0.0166. The molecule has 4 fully saturated rings. The largest absolute Gasteiger partial charge is 0.346 e. The molecule has 1 aromatic heterocycles. The van der Waals surface area contributed by atoms with Gasteiger partial charge in [0.15, 0.2) is 0 Å². The number of carbonyl (C=O) groups is 1. The van der Waals surface area contributed by atoms with Gasteiger partial charge in [-0.25, -0.2) is 4.39 Å². The first kappa shape index (κ1) is 15.2. The van der Waals surface area contributed by atoms with Gasteiger partial charge in [-0.3, -0.25) is 4.79 Å². The van der Waals surface area contributed by atoms with Crippen LogP contribution in [-0.4, -0.2) is 11.4 Å². The summed E-state index contributed by atoms with van der Waals surface area (Å²) in [5.41, 5.74) is -0.0312. The molecule has 1 aromatic carbocycles. The van der Waals surface area contributed by atoms with E-state index < -0.39 is 0 Å². The van der Waals surface area contributed by atoms with Crippen LogP contribution in [-0.2, 0) is 0 Å². The predicted molar refractivity (Wildman–Crippen MR) is 95.2 cm³/mol. The molecule has 5 heteroatoms. The quantitative estimate of drug-likeness (QED) is 0.761. The molecule has 0 saturated heterocycles. The topological polar surface area (TPSA) is 29.1 Å². The van der Waals surface area contributed by atoms with Gasteiger partial charge < -0.3 is 5.32 Å². The summed E-state index contributed by atoms with van der Waals surface area (Å²) < 4.78 is 14.2. The molecule has 4 aliphatic carbocycles. The van der Waals surface area contributed by atoms with Crippen molar-refractivity contribution in [2.45, 2.75) is 44.1 Å². The van der Waals surface area contributed by atoms with E-state index in [2.05, 4.69) is 5.32 Å². The van der Waals surface area contributed by atoms with E-state index in [9.17, 15) is 9.18 Å². The zero-order valence-electron chi connectivity index (χ0n) is 13.3. The second kappa shape index (κ2) is 5.18. The molecule has 4 saturated carbocycles. The SMILES string of the molecule is O=C(NC12CC3CC(CC(C3)C1)C2)c1sc2cc(F)ccc2c1Cl. The Morgan fingerprint density at radius 1 is 1.17 bits per heavy atom. The number of hydrogen-bond donors (Lipinski definition) is 1. The first-order chi connectivity index (χ1) is 11.5. The Labute approximate surface area is 149 Å². The highest BCUT2D eigenvalue weighted by Crippen LogP contribution is 2.55. The zero-order chi connectivity index (χ0) is 16.5. The van der Waals surface area contributed by atoms with Crippen LogP contribution in [0.15, 0.2) is 18.2 Å². The van der Waals surface area contributed by atoms with Gasteiger partial charge in [-0.1, -0.05) is 11.6 Å². The lowest BCUT2D eigenvalue weighted by Gasteiger charge is -2.56. The molecule has 0 aliphatic heterocycles. The van der Waals surface area contributed by atoms with Crippen LogP contribution in [0.3, 0.4) is 0 Å². The number of nitrogens with one attached hydrogen (secondary N) is 1. The molecule has 24 heavy (non-hydrogen) atoms. The lowest BCUT2D eigenvalue weighted by atomic mass is 9.53. The Bertz CT molecular complexity index is 810. The monoisotopic (exact) mass is 363 g/mol. The highest BCUT2D eigenvalue weighted by molar-refractivity contribution is 7.21. The van der Waals surface area contributed by atoms with Gasteiger partial charge in [-0.15, -0.1) is 11.3 Å². The number of carbonyl (C=O) groups excluding carboxylic acids is 1. The van der Waals surface area contributed by atoms with Crippen LogP contribution < -0.4 is 5.32 Å². The van der Waals surface area contributed by atoms with E-state index in [-0.39, 0.29) is 17.3 Å². The number of fused-ring (bicyclic) bond motifs is 1. The summed E-state index contributed by atoms with van der Waals surface area (Å²) in [7, 11) is 0. The maximum atomic E-state index is 13.4. The van der Waals surface area contributed by atoms with Gasteiger partial charge in [0.05, 0.1) is 5.02 Å². The molecule has 0 atom stereocenters. The molecular formula is C19H19ClFNOS. The van der Waals surface area contributed by atoms with Crippen LogP contribution in [0.2, 0.25) is 5.02 Å². The number of hydrogen-bond acceptors (Lipinski definition) is 2. The average Bonchev–Trinajstić information content (AvgIpc) is 2.82. The third-order valence-corrected chi connectivity index (χ3v) is 7.87. The van der Waals surface area contributed by atoms with Crippen LogP contribution in [0.5, 0.6) is 0 Å². The molecule has 2 nitrogen and oxygen atoms in total. The minimum Gasteiger partial charge on any atom is -0.346 e. The smallest absolute Gasteiger partial charge is 0.263 e. The van der Waals surface area contributed by atoms with Crippen LogP contribution in [0.1, 0.15) is 48.2 Å². The summed E-state index contributed by atoms with van der Waals surface area (Å²) in [6.45, 7) is 0. The first-order valence-corrected chi connectivity index (χ1v) is 9.91. The molecule has 0 radical (unpaired) electrons. The van der Waals surface area contributed by atoms with Gasteiger partial charge in [0.2, 0.25) is 0 Å². The Kier molecular flexibility index (Phi) is 3.27. The van der Waals surface area contributed by atoms with Crippen molar-refractivity contribution in [2.75, 3.05) is 0 Å².